The van der Waals surface area contributed by atoms with Gasteiger partial charge in [0.2, 0.25) is 0 Å². The number of rotatable bonds is 5. The van der Waals surface area contributed by atoms with Gasteiger partial charge in [-0.3, -0.25) is 4.90 Å². The van der Waals surface area contributed by atoms with Gasteiger partial charge in [-0.15, -0.1) is 0 Å². The zero-order chi connectivity index (χ0) is 17.1. The number of benzene rings is 2. The topological polar surface area (TPSA) is 15.3 Å². The first-order chi connectivity index (χ1) is 12.3. The Bertz CT molecular complexity index is 673. The first kappa shape index (κ1) is 17.1. The summed E-state index contributed by atoms with van der Waals surface area (Å²) in [4.78, 5) is 2.81. The van der Waals surface area contributed by atoms with Crippen molar-refractivity contribution in [3.05, 3.63) is 64.6 Å². The van der Waals surface area contributed by atoms with Gasteiger partial charge in [0.15, 0.2) is 0 Å². The lowest BCUT2D eigenvalue weighted by atomic mass is 9.81. The summed E-state index contributed by atoms with van der Waals surface area (Å²) >= 11 is 3.67. The molecule has 2 nitrogen and oxygen atoms in total. The Hall–Kier alpha value is -1.32. The van der Waals surface area contributed by atoms with E-state index in [1.807, 2.05) is 0 Å². The summed E-state index contributed by atoms with van der Waals surface area (Å²) in [6, 6.07) is 21.5. The van der Waals surface area contributed by atoms with Gasteiger partial charge < -0.3 is 5.32 Å². The second kappa shape index (κ2) is 7.92. The van der Waals surface area contributed by atoms with Crippen LogP contribution >= 0.6 is 15.9 Å². The molecule has 2 bridgehead atoms. The predicted octanol–water partition coefficient (Wildman–Crippen LogP) is 5.49. The van der Waals surface area contributed by atoms with Crippen LogP contribution in [0.1, 0.15) is 37.7 Å². The van der Waals surface area contributed by atoms with Crippen molar-refractivity contribution < 1.29 is 0 Å². The number of fused-ring (bicyclic) bond motifs is 2. The third kappa shape index (κ3) is 4.09. The highest BCUT2D eigenvalue weighted by Gasteiger charge is 2.37. The molecule has 2 saturated heterocycles. The lowest BCUT2D eigenvalue weighted by Gasteiger charge is -2.49. The van der Waals surface area contributed by atoms with Crippen molar-refractivity contribution in [3.8, 4) is 0 Å². The molecule has 2 heterocycles. The average Bonchev–Trinajstić information content (AvgIpc) is 2.62. The molecule has 4 rings (SSSR count). The minimum Gasteiger partial charge on any atom is -0.381 e. The molecule has 2 aliphatic rings. The highest BCUT2D eigenvalue weighted by molar-refractivity contribution is 9.10. The van der Waals surface area contributed by atoms with Crippen LogP contribution in [0, 0.1) is 0 Å². The molecule has 2 aliphatic heterocycles. The van der Waals surface area contributed by atoms with Crippen LogP contribution in [-0.2, 0) is 6.42 Å². The zero-order valence-corrected chi connectivity index (χ0v) is 16.3. The molecule has 0 amide bonds. The average molecular weight is 399 g/mol. The van der Waals surface area contributed by atoms with Crippen LogP contribution in [0.4, 0.5) is 5.69 Å². The number of hydrogen-bond donors (Lipinski definition) is 1. The maximum absolute atomic E-state index is 3.80. The van der Waals surface area contributed by atoms with E-state index < -0.39 is 0 Å². The normalized spacial score (nSPS) is 26.4. The molecule has 132 valence electrons. The second-order valence-electron chi connectivity index (χ2n) is 7.50. The Morgan fingerprint density at radius 2 is 1.60 bits per heavy atom. The summed E-state index contributed by atoms with van der Waals surface area (Å²) in [5, 5.41) is 3.80. The van der Waals surface area contributed by atoms with Crippen LogP contribution in [0.5, 0.6) is 0 Å². The molecular weight excluding hydrogens is 372 g/mol. The Morgan fingerprint density at radius 1 is 0.920 bits per heavy atom. The molecule has 2 aromatic rings. The number of hydrogen-bond acceptors (Lipinski definition) is 2. The number of anilines is 1. The van der Waals surface area contributed by atoms with E-state index >= 15 is 0 Å². The van der Waals surface area contributed by atoms with E-state index in [9.17, 15) is 0 Å². The molecule has 1 N–H and O–H groups in total. The van der Waals surface area contributed by atoms with E-state index in [0.29, 0.717) is 6.04 Å². The molecule has 2 aromatic carbocycles. The fourth-order valence-electron chi connectivity index (χ4n) is 4.66. The van der Waals surface area contributed by atoms with Crippen LogP contribution in [-0.4, -0.2) is 29.6 Å². The molecule has 0 radical (unpaired) electrons. The van der Waals surface area contributed by atoms with Crippen molar-refractivity contribution in [1.82, 2.24) is 4.90 Å². The molecule has 2 atom stereocenters. The largest absolute Gasteiger partial charge is 0.381 e. The quantitative estimate of drug-likeness (QED) is 0.715. The fraction of sp³-hybridized carbons (Fsp3) is 0.455. The van der Waals surface area contributed by atoms with E-state index in [-0.39, 0.29) is 0 Å². The number of nitrogens with zero attached hydrogens (tertiary/aromatic N) is 1. The second-order valence-corrected chi connectivity index (χ2v) is 8.36. The standard InChI is InChI=1S/C22H27BrN2/c23-21-11-4-5-12-22(21)24-18-15-19-9-6-10-20(16-18)25(19)14-13-17-7-2-1-3-8-17/h1-5,7-8,11-12,18-20,24H,6,9-10,13-16H2. The number of nitrogens with one attached hydrogen (secondary N) is 1. The highest BCUT2D eigenvalue weighted by atomic mass is 79.9. The van der Waals surface area contributed by atoms with Gasteiger partial charge in [-0.2, -0.15) is 0 Å². The van der Waals surface area contributed by atoms with Gasteiger partial charge in [0, 0.05) is 34.8 Å². The van der Waals surface area contributed by atoms with Crippen molar-refractivity contribution in [3.63, 3.8) is 0 Å². The predicted molar refractivity (Wildman–Crippen MR) is 109 cm³/mol. The first-order valence-corrected chi connectivity index (χ1v) is 10.4. The molecule has 0 aromatic heterocycles. The van der Waals surface area contributed by atoms with Crippen LogP contribution < -0.4 is 5.32 Å². The molecule has 25 heavy (non-hydrogen) atoms. The van der Waals surface area contributed by atoms with Crippen molar-refractivity contribution in [2.75, 3.05) is 11.9 Å². The molecule has 2 unspecified atom stereocenters. The van der Waals surface area contributed by atoms with Crippen molar-refractivity contribution in [2.24, 2.45) is 0 Å². The van der Waals surface area contributed by atoms with E-state index in [2.05, 4.69) is 80.7 Å². The molecular formula is C22H27BrN2. The van der Waals surface area contributed by atoms with Gasteiger partial charge in [-0.05, 0) is 65.7 Å². The molecule has 3 heteroatoms. The third-order valence-electron chi connectivity index (χ3n) is 5.86. The highest BCUT2D eigenvalue weighted by Crippen LogP contribution is 2.36. The summed E-state index contributed by atoms with van der Waals surface area (Å²) in [7, 11) is 0. The van der Waals surface area contributed by atoms with Crippen LogP contribution in [0.25, 0.3) is 0 Å². The van der Waals surface area contributed by atoms with E-state index in [1.165, 1.54) is 60.8 Å². The first-order valence-electron chi connectivity index (χ1n) is 9.60. The van der Waals surface area contributed by atoms with Crippen LogP contribution in [0.15, 0.2) is 59.1 Å². The smallest absolute Gasteiger partial charge is 0.0486 e. The SMILES string of the molecule is Brc1ccccc1NC1CC2CCCC(C1)N2CCc1ccccc1. The third-order valence-corrected chi connectivity index (χ3v) is 6.55. The summed E-state index contributed by atoms with van der Waals surface area (Å²) in [5.74, 6) is 0. The summed E-state index contributed by atoms with van der Waals surface area (Å²) in [6.45, 7) is 1.21. The summed E-state index contributed by atoms with van der Waals surface area (Å²) in [5.41, 5.74) is 2.71. The van der Waals surface area contributed by atoms with Crippen LogP contribution in [0.3, 0.4) is 0 Å². The van der Waals surface area contributed by atoms with Crippen molar-refractivity contribution >= 4 is 21.6 Å². The van der Waals surface area contributed by atoms with E-state index in [4.69, 9.17) is 0 Å². The lowest BCUT2D eigenvalue weighted by molar-refractivity contribution is 0.0361. The Kier molecular flexibility index (Phi) is 5.42. The van der Waals surface area contributed by atoms with Crippen molar-refractivity contribution in [2.45, 2.75) is 56.7 Å². The van der Waals surface area contributed by atoms with Gasteiger partial charge in [0.1, 0.15) is 0 Å². The Balaban J connectivity index is 1.39. The van der Waals surface area contributed by atoms with Gasteiger partial charge >= 0.3 is 0 Å². The fourth-order valence-corrected chi connectivity index (χ4v) is 5.06. The molecule has 2 fully saturated rings. The molecule has 0 spiro atoms. The van der Waals surface area contributed by atoms with E-state index in [0.717, 1.165) is 12.1 Å². The Labute approximate surface area is 159 Å². The summed E-state index contributed by atoms with van der Waals surface area (Å²) < 4.78 is 1.17. The van der Waals surface area contributed by atoms with Gasteiger partial charge in [0.05, 0.1) is 0 Å². The number of para-hydroxylation sites is 1. The minimum atomic E-state index is 0.599. The van der Waals surface area contributed by atoms with Crippen LogP contribution in [0.2, 0.25) is 0 Å². The zero-order valence-electron chi connectivity index (χ0n) is 14.7. The minimum absolute atomic E-state index is 0.599. The van der Waals surface area contributed by atoms with Crippen molar-refractivity contribution in [1.29, 1.82) is 0 Å². The van der Waals surface area contributed by atoms with E-state index in [1.54, 1.807) is 0 Å². The molecule has 0 aliphatic carbocycles. The number of halogens is 1. The van der Waals surface area contributed by atoms with Gasteiger partial charge in [-0.25, -0.2) is 0 Å². The van der Waals surface area contributed by atoms with Gasteiger partial charge in [-0.1, -0.05) is 48.9 Å². The maximum Gasteiger partial charge on any atom is 0.0486 e. The van der Waals surface area contributed by atoms with Gasteiger partial charge in [0.25, 0.3) is 0 Å². The monoisotopic (exact) mass is 398 g/mol. The number of piperidine rings is 2. The lowest BCUT2D eigenvalue weighted by Crippen LogP contribution is -2.55. The summed E-state index contributed by atoms with van der Waals surface area (Å²) in [6.07, 6.45) is 7.84. The Morgan fingerprint density at radius 3 is 2.32 bits per heavy atom. The molecule has 0 saturated carbocycles. The maximum atomic E-state index is 3.80.